The van der Waals surface area contributed by atoms with Gasteiger partial charge in [-0.15, -0.1) is 0 Å². The second kappa shape index (κ2) is 16.5. The molecule has 0 radical (unpaired) electrons. The molecule has 0 saturated carbocycles. The molecule has 0 heterocycles. The van der Waals surface area contributed by atoms with Gasteiger partial charge in [-0.3, -0.25) is 0 Å². The molecule has 0 unspecified atom stereocenters. The van der Waals surface area contributed by atoms with E-state index in [1.807, 2.05) is 0 Å². The minimum atomic E-state index is 0. The van der Waals surface area contributed by atoms with Crippen LogP contribution in [0.4, 0.5) is 0 Å². The second-order valence-electron chi connectivity index (χ2n) is 0. The van der Waals surface area contributed by atoms with Crippen molar-refractivity contribution >= 4 is 0 Å². The number of hydrogen-bond acceptors (Lipinski definition) is 0. The molecule has 0 bridgehead atoms. The smallest absolute Gasteiger partial charge is 0 e. The molecule has 0 saturated heterocycles. The summed E-state index contributed by atoms with van der Waals surface area (Å²) in [5.74, 6) is 0. The van der Waals surface area contributed by atoms with E-state index in [2.05, 4.69) is 0 Å². The predicted molar refractivity (Wildman–Crippen MR) is 0 cm³/mol. The summed E-state index contributed by atoms with van der Waals surface area (Å²) in [6.45, 7) is 0. The summed E-state index contributed by atoms with van der Waals surface area (Å²) >= 11 is 0. The first-order chi connectivity index (χ1) is 0. The molecule has 8 valence electrons. The third-order valence-electron chi connectivity index (χ3n) is 0. The largest absolute Gasteiger partial charge is 0 e. The van der Waals surface area contributed by atoms with Crippen molar-refractivity contribution in [2.45, 2.75) is 0 Å². The van der Waals surface area contributed by atoms with E-state index in [0.29, 0.717) is 0 Å². The van der Waals surface area contributed by atoms with Crippen LogP contribution in [-0.4, -0.2) is 0 Å². The van der Waals surface area contributed by atoms with Crippen LogP contribution in [0.25, 0.3) is 0 Å². The van der Waals surface area contributed by atoms with E-state index in [-0.39, 0.29) is 93.6 Å². The quantitative estimate of drug-likeness (QED) is 0.536. The molecule has 0 aromatic heterocycles. The number of rotatable bonds is 0. The van der Waals surface area contributed by atoms with E-state index < -0.39 is 0 Å². The van der Waals surface area contributed by atoms with Gasteiger partial charge in [0.15, 0.2) is 0 Å². The summed E-state index contributed by atoms with van der Waals surface area (Å²) in [4.78, 5) is 0. The van der Waals surface area contributed by atoms with Crippen LogP contribution in [0, 0.1) is 0 Å². The molecule has 0 nitrogen and oxygen atoms in total. The zero-order valence-electron chi connectivity index (χ0n) is 2.83. The zero-order valence-corrected chi connectivity index (χ0v) is 16.8. The zero-order chi connectivity index (χ0) is 0. The van der Waals surface area contributed by atoms with Crippen molar-refractivity contribution in [3.8, 4) is 0 Å². The Hall–Kier alpha value is 3.09. The molecule has 0 aliphatic carbocycles. The van der Waals surface area contributed by atoms with Crippen LogP contribution in [0.5, 0.6) is 0 Å². The summed E-state index contributed by atoms with van der Waals surface area (Å²) < 4.78 is 0. The molecular formula is Cd2Zn2. The molecule has 0 atom stereocenters. The Balaban J connectivity index is 0. The van der Waals surface area contributed by atoms with Crippen LogP contribution in [-0.2, 0) is 93.6 Å². The molecular weight excluding hydrogens is 356 g/mol. The summed E-state index contributed by atoms with van der Waals surface area (Å²) in [6, 6.07) is 0. The van der Waals surface area contributed by atoms with E-state index >= 15 is 0 Å². The summed E-state index contributed by atoms with van der Waals surface area (Å²) in [5, 5.41) is 0. The first kappa shape index (κ1) is 27.5. The third kappa shape index (κ3) is 8.92. The SMILES string of the molecule is [Cd].[Cd].[Zn].[Zn]. The van der Waals surface area contributed by atoms with Gasteiger partial charge >= 0.3 is 0 Å². The van der Waals surface area contributed by atoms with Gasteiger partial charge in [0.25, 0.3) is 0 Å². The Morgan fingerprint density at radius 2 is 0.500 bits per heavy atom. The van der Waals surface area contributed by atoms with Gasteiger partial charge in [0, 0.05) is 93.6 Å². The van der Waals surface area contributed by atoms with Crippen LogP contribution in [0.15, 0.2) is 0 Å². The summed E-state index contributed by atoms with van der Waals surface area (Å²) in [6.07, 6.45) is 0. The van der Waals surface area contributed by atoms with Gasteiger partial charge < -0.3 is 0 Å². The molecule has 0 rings (SSSR count). The van der Waals surface area contributed by atoms with Crippen LogP contribution in [0.1, 0.15) is 0 Å². The van der Waals surface area contributed by atoms with Crippen molar-refractivity contribution in [2.75, 3.05) is 0 Å². The van der Waals surface area contributed by atoms with Crippen LogP contribution < -0.4 is 0 Å². The van der Waals surface area contributed by atoms with Gasteiger partial charge in [0.2, 0.25) is 0 Å². The third-order valence-corrected chi connectivity index (χ3v) is 0. The van der Waals surface area contributed by atoms with E-state index in [1.54, 1.807) is 0 Å². The summed E-state index contributed by atoms with van der Waals surface area (Å²) in [7, 11) is 0. The monoisotopic (exact) mass is 356 g/mol. The van der Waals surface area contributed by atoms with Gasteiger partial charge in [-0.2, -0.15) is 0 Å². The predicted octanol–water partition coefficient (Wildman–Crippen LogP) is -0.0100. The van der Waals surface area contributed by atoms with Crippen LogP contribution >= 0.6 is 0 Å². The standard InChI is InChI=1S/2Cd.2Zn. The van der Waals surface area contributed by atoms with Crippen molar-refractivity contribution in [1.82, 2.24) is 0 Å². The van der Waals surface area contributed by atoms with Crippen molar-refractivity contribution in [3.05, 3.63) is 0 Å². The number of hydrogen-bond donors (Lipinski definition) is 0. The minimum absolute atomic E-state index is 0. The minimum Gasteiger partial charge on any atom is 0 e. The molecule has 0 aromatic rings. The molecule has 0 N–H and O–H groups in total. The van der Waals surface area contributed by atoms with E-state index in [4.69, 9.17) is 0 Å². The van der Waals surface area contributed by atoms with E-state index in [0.717, 1.165) is 0 Å². The van der Waals surface area contributed by atoms with Crippen molar-refractivity contribution < 1.29 is 93.6 Å². The Bertz CT molecular complexity index is 4.00. The fraction of sp³-hybridized carbons (Fsp3) is 0. The Morgan fingerprint density at radius 1 is 0.500 bits per heavy atom. The summed E-state index contributed by atoms with van der Waals surface area (Å²) in [5.41, 5.74) is 0. The Labute approximate surface area is 91.7 Å². The first-order valence-corrected chi connectivity index (χ1v) is 0. The van der Waals surface area contributed by atoms with Crippen LogP contribution in [0.3, 0.4) is 0 Å². The van der Waals surface area contributed by atoms with Gasteiger partial charge in [0.05, 0.1) is 0 Å². The maximum absolute atomic E-state index is 0. The molecule has 4 heteroatoms. The Kier molecular flexibility index (Phi) is 114. The molecule has 0 aliphatic heterocycles. The molecule has 4 heavy (non-hydrogen) atoms. The van der Waals surface area contributed by atoms with Gasteiger partial charge in [0.1, 0.15) is 0 Å². The van der Waals surface area contributed by atoms with Crippen LogP contribution in [0.2, 0.25) is 0 Å². The van der Waals surface area contributed by atoms with E-state index in [9.17, 15) is 0 Å². The Morgan fingerprint density at radius 3 is 0.500 bits per heavy atom. The molecule has 0 aromatic carbocycles. The van der Waals surface area contributed by atoms with Crippen molar-refractivity contribution in [1.29, 1.82) is 0 Å². The van der Waals surface area contributed by atoms with Gasteiger partial charge in [-0.25, -0.2) is 0 Å². The molecule has 0 spiro atoms. The molecule has 0 fully saturated rings. The maximum Gasteiger partial charge on any atom is 0 e. The second-order valence-corrected chi connectivity index (χ2v) is 0. The van der Waals surface area contributed by atoms with Crippen molar-refractivity contribution in [2.24, 2.45) is 0 Å². The van der Waals surface area contributed by atoms with E-state index in [1.165, 1.54) is 0 Å². The fourth-order valence-corrected chi connectivity index (χ4v) is 0. The molecule has 0 amide bonds. The average Bonchev–Trinajstić information content (AvgIpc) is 0. The maximum atomic E-state index is 0. The van der Waals surface area contributed by atoms with Gasteiger partial charge in [-0.05, 0) is 0 Å². The normalized spacial score (nSPS) is 0. The fourth-order valence-electron chi connectivity index (χ4n) is 0. The van der Waals surface area contributed by atoms with Gasteiger partial charge in [-0.1, -0.05) is 0 Å². The van der Waals surface area contributed by atoms with Crippen molar-refractivity contribution in [3.63, 3.8) is 0 Å². The first-order valence-electron chi connectivity index (χ1n) is 0. The topological polar surface area (TPSA) is 0 Å². The molecule has 0 aliphatic rings. The average molecular weight is 356 g/mol.